The predicted octanol–water partition coefficient (Wildman–Crippen LogP) is 3.03. The van der Waals surface area contributed by atoms with Gasteiger partial charge >= 0.3 is 0 Å². The molecule has 0 saturated carbocycles. The number of aliphatic hydroxyl groups is 1. The topological polar surface area (TPSA) is 38.0 Å². The van der Waals surface area contributed by atoms with Crippen LogP contribution in [0.25, 0.3) is 11.4 Å². The number of nitrogens with zero attached hydrogens (tertiary/aromatic N) is 2. The number of benzene rings is 1. The van der Waals surface area contributed by atoms with Gasteiger partial charge in [-0.1, -0.05) is 30.3 Å². The lowest BCUT2D eigenvalue weighted by molar-refractivity contribution is 0.277. The van der Waals surface area contributed by atoms with Gasteiger partial charge in [-0.05, 0) is 36.6 Å². The summed E-state index contributed by atoms with van der Waals surface area (Å²) in [4.78, 5) is 4.56. The van der Waals surface area contributed by atoms with Gasteiger partial charge in [0.1, 0.15) is 5.82 Å². The molecule has 102 valence electrons. The largest absolute Gasteiger partial charge is 0.390 e. The van der Waals surface area contributed by atoms with E-state index in [1.54, 1.807) is 0 Å². The summed E-state index contributed by atoms with van der Waals surface area (Å²) in [6.45, 7) is 2.91. The number of aliphatic hydroxyl groups excluding tert-OH is 1. The van der Waals surface area contributed by atoms with E-state index in [2.05, 4.69) is 46.1 Å². The maximum atomic E-state index is 9.35. The molecule has 3 rings (SSSR count). The lowest BCUT2D eigenvalue weighted by Gasteiger charge is -2.11. The summed E-state index contributed by atoms with van der Waals surface area (Å²) < 4.78 is 2.16. The van der Waals surface area contributed by atoms with Crippen molar-refractivity contribution < 1.29 is 5.11 Å². The molecule has 0 spiro atoms. The van der Waals surface area contributed by atoms with Gasteiger partial charge < -0.3 is 9.67 Å². The van der Waals surface area contributed by atoms with Crippen LogP contribution < -0.4 is 0 Å². The molecule has 2 aliphatic heterocycles. The number of aryl methyl sites for hydroxylation is 2. The van der Waals surface area contributed by atoms with Crippen molar-refractivity contribution in [2.75, 3.05) is 0 Å². The number of rotatable bonds is 4. The van der Waals surface area contributed by atoms with E-state index in [-0.39, 0.29) is 6.61 Å². The van der Waals surface area contributed by atoms with Crippen LogP contribution in [0, 0.1) is 6.92 Å². The Balaban J connectivity index is 1.88. The first-order chi connectivity index (χ1) is 9.79. The van der Waals surface area contributed by atoms with Crippen LogP contribution in [0.1, 0.15) is 16.8 Å². The SMILES string of the molecule is Cc1c2cccn(CCc3ccccc3)c-2nc1CO. The zero-order valence-electron chi connectivity index (χ0n) is 11.6. The van der Waals surface area contributed by atoms with Crippen LogP contribution in [0.4, 0.5) is 0 Å². The standard InChI is InChI=1S/C17H18N2O/c1-13-15-8-5-10-19(17(15)18-16(13)12-20)11-9-14-6-3-2-4-7-14/h2-8,10,20H,9,11-12H2,1H3. The van der Waals surface area contributed by atoms with Crippen molar-refractivity contribution in [3.05, 3.63) is 65.5 Å². The van der Waals surface area contributed by atoms with Crippen LogP contribution in [-0.4, -0.2) is 14.7 Å². The molecule has 20 heavy (non-hydrogen) atoms. The molecule has 0 aromatic heterocycles. The molecule has 0 bridgehead atoms. The Morgan fingerprint density at radius 1 is 1.10 bits per heavy atom. The van der Waals surface area contributed by atoms with Crippen molar-refractivity contribution in [2.24, 2.45) is 0 Å². The van der Waals surface area contributed by atoms with E-state index in [0.717, 1.165) is 35.6 Å². The maximum absolute atomic E-state index is 9.35. The second kappa shape index (κ2) is 5.47. The van der Waals surface area contributed by atoms with E-state index < -0.39 is 0 Å². The Kier molecular flexibility index (Phi) is 3.52. The van der Waals surface area contributed by atoms with Gasteiger partial charge in [-0.2, -0.15) is 0 Å². The highest BCUT2D eigenvalue weighted by molar-refractivity contribution is 5.64. The van der Waals surface area contributed by atoms with Gasteiger partial charge in [-0.15, -0.1) is 0 Å². The van der Waals surface area contributed by atoms with E-state index in [9.17, 15) is 5.11 Å². The lowest BCUT2D eigenvalue weighted by atomic mass is 10.1. The summed E-state index contributed by atoms with van der Waals surface area (Å²) in [6, 6.07) is 14.6. The van der Waals surface area contributed by atoms with Crippen LogP contribution in [0.5, 0.6) is 0 Å². The highest BCUT2D eigenvalue weighted by atomic mass is 16.3. The van der Waals surface area contributed by atoms with Crippen molar-refractivity contribution >= 4 is 0 Å². The molecule has 0 aliphatic carbocycles. The Morgan fingerprint density at radius 3 is 2.65 bits per heavy atom. The van der Waals surface area contributed by atoms with Gasteiger partial charge in [0.15, 0.2) is 0 Å². The fourth-order valence-electron chi connectivity index (χ4n) is 2.56. The maximum Gasteiger partial charge on any atom is 0.140 e. The third-order valence-electron chi connectivity index (χ3n) is 3.75. The van der Waals surface area contributed by atoms with Crippen molar-refractivity contribution in [1.82, 2.24) is 9.55 Å². The van der Waals surface area contributed by atoms with Gasteiger partial charge in [0, 0.05) is 18.3 Å². The van der Waals surface area contributed by atoms with Gasteiger partial charge in [-0.25, -0.2) is 4.98 Å². The van der Waals surface area contributed by atoms with Gasteiger partial charge in [0.2, 0.25) is 0 Å². The molecular formula is C17H18N2O. The zero-order chi connectivity index (χ0) is 13.9. The fourth-order valence-corrected chi connectivity index (χ4v) is 2.56. The zero-order valence-corrected chi connectivity index (χ0v) is 11.6. The van der Waals surface area contributed by atoms with Crippen molar-refractivity contribution in [3.63, 3.8) is 0 Å². The number of pyridine rings is 1. The Hall–Kier alpha value is -2.13. The smallest absolute Gasteiger partial charge is 0.140 e. The van der Waals surface area contributed by atoms with Crippen molar-refractivity contribution in [1.29, 1.82) is 0 Å². The van der Waals surface area contributed by atoms with Gasteiger partial charge in [0.25, 0.3) is 0 Å². The van der Waals surface area contributed by atoms with E-state index in [1.807, 2.05) is 19.1 Å². The number of aromatic nitrogens is 2. The van der Waals surface area contributed by atoms with Crippen LogP contribution in [0.2, 0.25) is 0 Å². The molecule has 2 aliphatic rings. The minimum absolute atomic E-state index is 0.000795. The molecule has 1 aromatic rings. The summed E-state index contributed by atoms with van der Waals surface area (Å²) in [5.74, 6) is 0.963. The van der Waals surface area contributed by atoms with Crippen molar-refractivity contribution in [2.45, 2.75) is 26.5 Å². The quantitative estimate of drug-likeness (QED) is 0.788. The first-order valence-electron chi connectivity index (χ1n) is 6.88. The Morgan fingerprint density at radius 2 is 1.90 bits per heavy atom. The Labute approximate surface area is 118 Å². The summed E-state index contributed by atoms with van der Waals surface area (Å²) in [7, 11) is 0. The minimum Gasteiger partial charge on any atom is -0.390 e. The number of hydrogen-bond acceptors (Lipinski definition) is 2. The lowest BCUT2D eigenvalue weighted by Crippen LogP contribution is -2.05. The first-order valence-corrected chi connectivity index (χ1v) is 6.88. The monoisotopic (exact) mass is 266 g/mol. The third-order valence-corrected chi connectivity index (χ3v) is 3.75. The van der Waals surface area contributed by atoms with E-state index >= 15 is 0 Å². The average molecular weight is 266 g/mol. The first kappa shape index (κ1) is 12.9. The molecule has 1 N–H and O–H groups in total. The molecule has 3 heteroatoms. The molecule has 0 amide bonds. The molecule has 2 heterocycles. The number of hydrogen-bond donors (Lipinski definition) is 1. The normalized spacial score (nSPS) is 11.1. The third kappa shape index (κ3) is 2.32. The van der Waals surface area contributed by atoms with Crippen LogP contribution in [0.3, 0.4) is 0 Å². The molecule has 0 radical (unpaired) electrons. The second-order valence-corrected chi connectivity index (χ2v) is 5.02. The summed E-state index contributed by atoms with van der Waals surface area (Å²) in [6.07, 6.45) is 3.03. The predicted molar refractivity (Wildman–Crippen MR) is 79.7 cm³/mol. The Bertz CT molecular complexity index is 673. The molecule has 0 atom stereocenters. The molecular weight excluding hydrogens is 248 g/mol. The summed E-state index contributed by atoms with van der Waals surface area (Å²) in [5, 5.41) is 9.35. The minimum atomic E-state index is -0.000795. The van der Waals surface area contributed by atoms with E-state index in [0.29, 0.717) is 0 Å². The summed E-state index contributed by atoms with van der Waals surface area (Å²) in [5.41, 5.74) is 4.31. The van der Waals surface area contributed by atoms with E-state index in [1.165, 1.54) is 5.56 Å². The fraction of sp³-hybridized carbons (Fsp3) is 0.235. The molecule has 1 aromatic carbocycles. The van der Waals surface area contributed by atoms with Crippen molar-refractivity contribution in [3.8, 4) is 11.4 Å². The average Bonchev–Trinajstić information content (AvgIpc) is 2.83. The van der Waals surface area contributed by atoms with Crippen LogP contribution in [0.15, 0.2) is 48.7 Å². The molecule has 0 saturated heterocycles. The van der Waals surface area contributed by atoms with Gasteiger partial charge in [0.05, 0.1) is 12.3 Å². The molecule has 3 nitrogen and oxygen atoms in total. The highest BCUT2D eigenvalue weighted by Gasteiger charge is 2.16. The second-order valence-electron chi connectivity index (χ2n) is 5.02. The molecule has 0 unspecified atom stereocenters. The van der Waals surface area contributed by atoms with Crippen LogP contribution >= 0.6 is 0 Å². The highest BCUT2D eigenvalue weighted by Crippen LogP contribution is 2.27. The number of fused-ring (bicyclic) bond motifs is 1. The summed E-state index contributed by atoms with van der Waals surface area (Å²) >= 11 is 0. The van der Waals surface area contributed by atoms with Gasteiger partial charge in [-0.3, -0.25) is 0 Å². The van der Waals surface area contributed by atoms with Crippen LogP contribution in [-0.2, 0) is 19.6 Å². The molecule has 0 fully saturated rings. The van der Waals surface area contributed by atoms with E-state index in [4.69, 9.17) is 0 Å².